The lowest BCUT2D eigenvalue weighted by Crippen LogP contribution is -2.16. The van der Waals surface area contributed by atoms with Crippen LogP contribution in [0.25, 0.3) is 0 Å². The molecule has 0 aliphatic rings. The number of imidazole rings is 1. The SMILES string of the molecule is Cc1ccc(C(N)c2cnc(C)n2C)cc1F. The summed E-state index contributed by atoms with van der Waals surface area (Å²) in [5, 5.41) is 0. The van der Waals surface area contributed by atoms with Crippen molar-refractivity contribution < 1.29 is 4.39 Å². The first kappa shape index (κ1) is 11.8. The summed E-state index contributed by atoms with van der Waals surface area (Å²) in [5.41, 5.74) is 8.39. The van der Waals surface area contributed by atoms with Crippen molar-refractivity contribution >= 4 is 0 Å². The second kappa shape index (κ2) is 4.30. The summed E-state index contributed by atoms with van der Waals surface area (Å²) in [6.07, 6.45) is 1.73. The van der Waals surface area contributed by atoms with E-state index in [4.69, 9.17) is 5.73 Å². The van der Waals surface area contributed by atoms with Crippen molar-refractivity contribution in [2.45, 2.75) is 19.9 Å². The molecule has 4 heteroatoms. The number of hydrogen-bond acceptors (Lipinski definition) is 2. The van der Waals surface area contributed by atoms with E-state index >= 15 is 0 Å². The smallest absolute Gasteiger partial charge is 0.126 e. The van der Waals surface area contributed by atoms with Gasteiger partial charge in [-0.15, -0.1) is 0 Å². The minimum Gasteiger partial charge on any atom is -0.334 e. The van der Waals surface area contributed by atoms with Gasteiger partial charge >= 0.3 is 0 Å². The van der Waals surface area contributed by atoms with Gasteiger partial charge < -0.3 is 10.3 Å². The molecule has 2 aromatic rings. The van der Waals surface area contributed by atoms with Crippen molar-refractivity contribution in [2.24, 2.45) is 12.8 Å². The van der Waals surface area contributed by atoms with E-state index < -0.39 is 0 Å². The number of aromatic nitrogens is 2. The van der Waals surface area contributed by atoms with Crippen molar-refractivity contribution in [1.82, 2.24) is 9.55 Å². The molecule has 1 aromatic carbocycles. The van der Waals surface area contributed by atoms with E-state index in [-0.39, 0.29) is 11.9 Å². The molecule has 1 heterocycles. The Morgan fingerprint density at radius 3 is 2.59 bits per heavy atom. The number of halogens is 1. The molecule has 0 saturated heterocycles. The number of nitrogens with zero attached hydrogens (tertiary/aromatic N) is 2. The van der Waals surface area contributed by atoms with Gasteiger partial charge in [0.25, 0.3) is 0 Å². The number of hydrogen-bond donors (Lipinski definition) is 1. The Morgan fingerprint density at radius 2 is 2.06 bits per heavy atom. The van der Waals surface area contributed by atoms with Crippen LogP contribution in [0.5, 0.6) is 0 Å². The molecular weight excluding hydrogens is 217 g/mol. The van der Waals surface area contributed by atoms with Gasteiger partial charge in [-0.25, -0.2) is 9.37 Å². The number of aryl methyl sites for hydroxylation is 2. The molecule has 0 aliphatic carbocycles. The van der Waals surface area contributed by atoms with Gasteiger partial charge in [-0.3, -0.25) is 0 Å². The topological polar surface area (TPSA) is 43.8 Å². The van der Waals surface area contributed by atoms with Crippen LogP contribution in [0.3, 0.4) is 0 Å². The summed E-state index contributed by atoms with van der Waals surface area (Å²) in [7, 11) is 1.90. The first-order valence-electron chi connectivity index (χ1n) is 5.50. The summed E-state index contributed by atoms with van der Waals surface area (Å²) < 4.78 is 15.4. The molecule has 1 atom stereocenters. The van der Waals surface area contributed by atoms with E-state index in [1.807, 2.05) is 24.6 Å². The zero-order valence-corrected chi connectivity index (χ0v) is 10.2. The molecule has 2 N–H and O–H groups in total. The minimum absolute atomic E-state index is 0.225. The van der Waals surface area contributed by atoms with E-state index in [1.54, 1.807) is 19.2 Å². The Bertz CT molecular complexity index is 546. The molecule has 0 amide bonds. The van der Waals surface area contributed by atoms with Gasteiger partial charge in [-0.1, -0.05) is 12.1 Å². The maximum Gasteiger partial charge on any atom is 0.126 e. The van der Waals surface area contributed by atoms with Crippen LogP contribution in [-0.4, -0.2) is 9.55 Å². The molecule has 17 heavy (non-hydrogen) atoms. The molecule has 1 unspecified atom stereocenters. The van der Waals surface area contributed by atoms with Crippen LogP contribution in [0.15, 0.2) is 24.4 Å². The van der Waals surface area contributed by atoms with Gasteiger partial charge in [0, 0.05) is 7.05 Å². The monoisotopic (exact) mass is 233 g/mol. The zero-order valence-electron chi connectivity index (χ0n) is 10.2. The van der Waals surface area contributed by atoms with Crippen LogP contribution in [0.4, 0.5) is 4.39 Å². The highest BCUT2D eigenvalue weighted by Crippen LogP contribution is 2.21. The standard InChI is InChI=1S/C13H16FN3/c1-8-4-5-10(6-11(8)14)13(15)12-7-16-9(2)17(12)3/h4-7,13H,15H2,1-3H3. The zero-order chi connectivity index (χ0) is 12.6. The summed E-state index contributed by atoms with van der Waals surface area (Å²) in [4.78, 5) is 4.19. The van der Waals surface area contributed by atoms with Gasteiger partial charge in [0.1, 0.15) is 11.6 Å². The molecule has 0 fully saturated rings. The van der Waals surface area contributed by atoms with E-state index in [0.29, 0.717) is 5.56 Å². The highest BCUT2D eigenvalue weighted by atomic mass is 19.1. The fourth-order valence-electron chi connectivity index (χ4n) is 1.78. The normalized spacial score (nSPS) is 12.8. The highest BCUT2D eigenvalue weighted by Gasteiger charge is 2.15. The van der Waals surface area contributed by atoms with E-state index in [0.717, 1.165) is 17.1 Å². The van der Waals surface area contributed by atoms with E-state index in [1.165, 1.54) is 6.07 Å². The van der Waals surface area contributed by atoms with Gasteiger partial charge in [0.2, 0.25) is 0 Å². The van der Waals surface area contributed by atoms with Gasteiger partial charge in [0.05, 0.1) is 17.9 Å². The van der Waals surface area contributed by atoms with Crippen molar-refractivity contribution in [3.8, 4) is 0 Å². The first-order chi connectivity index (χ1) is 8.00. The van der Waals surface area contributed by atoms with Crippen LogP contribution < -0.4 is 5.73 Å². The lowest BCUT2D eigenvalue weighted by atomic mass is 10.0. The van der Waals surface area contributed by atoms with E-state index in [9.17, 15) is 4.39 Å². The molecule has 0 spiro atoms. The molecule has 90 valence electrons. The van der Waals surface area contributed by atoms with Crippen LogP contribution in [0, 0.1) is 19.7 Å². The molecule has 0 radical (unpaired) electrons. The third-order valence-corrected chi connectivity index (χ3v) is 3.13. The van der Waals surface area contributed by atoms with Crippen molar-refractivity contribution in [1.29, 1.82) is 0 Å². The fraction of sp³-hybridized carbons (Fsp3) is 0.308. The largest absolute Gasteiger partial charge is 0.334 e. The Hall–Kier alpha value is -1.68. The second-order valence-electron chi connectivity index (χ2n) is 4.28. The second-order valence-corrected chi connectivity index (χ2v) is 4.28. The predicted molar refractivity (Wildman–Crippen MR) is 65.1 cm³/mol. The third kappa shape index (κ3) is 2.08. The number of benzene rings is 1. The summed E-state index contributed by atoms with van der Waals surface area (Å²) >= 11 is 0. The quantitative estimate of drug-likeness (QED) is 0.864. The van der Waals surface area contributed by atoms with Gasteiger partial charge in [-0.2, -0.15) is 0 Å². The number of rotatable bonds is 2. The Balaban J connectivity index is 2.40. The summed E-state index contributed by atoms with van der Waals surface area (Å²) in [5.74, 6) is 0.667. The molecule has 0 saturated carbocycles. The maximum atomic E-state index is 13.5. The molecule has 3 nitrogen and oxygen atoms in total. The minimum atomic E-state index is -0.351. The predicted octanol–water partition coefficient (Wildman–Crippen LogP) is 2.22. The average Bonchev–Trinajstić information content (AvgIpc) is 2.63. The van der Waals surface area contributed by atoms with Crippen LogP contribution >= 0.6 is 0 Å². The molecule has 2 rings (SSSR count). The van der Waals surface area contributed by atoms with Crippen LogP contribution in [-0.2, 0) is 7.05 Å². The average molecular weight is 233 g/mol. The lowest BCUT2D eigenvalue weighted by molar-refractivity contribution is 0.612. The Labute approximate surface area is 100 Å². The molecule has 0 bridgehead atoms. The summed E-state index contributed by atoms with van der Waals surface area (Å²) in [6, 6.07) is 4.73. The third-order valence-electron chi connectivity index (χ3n) is 3.13. The van der Waals surface area contributed by atoms with Crippen LogP contribution in [0.1, 0.15) is 28.7 Å². The molecule has 1 aromatic heterocycles. The Kier molecular flexibility index (Phi) is 2.98. The highest BCUT2D eigenvalue weighted by molar-refractivity contribution is 5.30. The van der Waals surface area contributed by atoms with Gasteiger partial charge in [-0.05, 0) is 31.0 Å². The van der Waals surface area contributed by atoms with Crippen LogP contribution in [0.2, 0.25) is 0 Å². The van der Waals surface area contributed by atoms with E-state index in [2.05, 4.69) is 4.98 Å². The molecule has 0 aliphatic heterocycles. The van der Waals surface area contributed by atoms with Crippen molar-refractivity contribution in [2.75, 3.05) is 0 Å². The maximum absolute atomic E-state index is 13.5. The molecular formula is C13H16FN3. The summed E-state index contributed by atoms with van der Waals surface area (Å²) in [6.45, 7) is 3.64. The first-order valence-corrected chi connectivity index (χ1v) is 5.50. The van der Waals surface area contributed by atoms with Crippen molar-refractivity contribution in [3.63, 3.8) is 0 Å². The Morgan fingerprint density at radius 1 is 1.35 bits per heavy atom. The fourth-order valence-corrected chi connectivity index (χ4v) is 1.78. The van der Waals surface area contributed by atoms with Crippen molar-refractivity contribution in [3.05, 3.63) is 52.9 Å². The number of nitrogens with two attached hydrogens (primary N) is 1. The van der Waals surface area contributed by atoms with Gasteiger partial charge in [0.15, 0.2) is 0 Å². The lowest BCUT2D eigenvalue weighted by Gasteiger charge is -2.14.